The van der Waals surface area contributed by atoms with Crippen LogP contribution in [0.25, 0.3) is 0 Å². The van der Waals surface area contributed by atoms with Crippen molar-refractivity contribution < 1.29 is 40.9 Å². The summed E-state index contributed by atoms with van der Waals surface area (Å²) in [7, 11) is -2.69. The maximum atomic E-state index is 13.1. The third kappa shape index (κ3) is 8.20. The number of likely N-dealkylation sites (tertiary alicyclic amines) is 1. The number of amidine groups is 1. The van der Waals surface area contributed by atoms with Crippen LogP contribution in [0.2, 0.25) is 0 Å². The lowest BCUT2D eigenvalue weighted by molar-refractivity contribution is -0.896. The summed E-state index contributed by atoms with van der Waals surface area (Å²) in [5, 5.41) is 19.9. The highest BCUT2D eigenvalue weighted by Gasteiger charge is 2.58. The number of likely N-dealkylation sites (N-methyl/N-ethyl adjacent to an activating group) is 1. The second-order valence-corrected chi connectivity index (χ2v) is 13.1. The van der Waals surface area contributed by atoms with E-state index in [1.165, 1.54) is 45.2 Å². The van der Waals surface area contributed by atoms with E-state index >= 15 is 0 Å². The molecule has 1 aromatic heterocycles. The van der Waals surface area contributed by atoms with Crippen LogP contribution >= 0.6 is 11.3 Å². The summed E-state index contributed by atoms with van der Waals surface area (Å²) in [5.41, 5.74) is 4.95. The molecule has 0 spiro atoms. The molecule has 0 radical (unpaired) electrons. The Kier molecular flexibility index (Phi) is 10.1. The zero-order valence-corrected chi connectivity index (χ0v) is 26.2. The van der Waals surface area contributed by atoms with E-state index in [2.05, 4.69) is 32.1 Å². The smallest absolute Gasteiger partial charge is 0.418 e. The van der Waals surface area contributed by atoms with Crippen LogP contribution in [0.4, 0.5) is 5.13 Å². The molecule has 2 amide bonds. The summed E-state index contributed by atoms with van der Waals surface area (Å²) in [4.78, 5) is 34.9. The quantitative estimate of drug-likeness (QED) is 0.0360. The van der Waals surface area contributed by atoms with Crippen molar-refractivity contribution in [1.82, 2.24) is 20.7 Å². The highest BCUT2D eigenvalue weighted by molar-refractivity contribution is 7.80. The maximum Gasteiger partial charge on any atom is 0.418 e. The number of hydrogen-bond donors (Lipinski definition) is 5. The summed E-state index contributed by atoms with van der Waals surface area (Å²) in [5.74, 6) is -0.838. The molecule has 240 valence electrons. The Morgan fingerprint density at radius 1 is 1.27 bits per heavy atom. The van der Waals surface area contributed by atoms with E-state index in [1.807, 2.05) is 0 Å². The molecule has 0 unspecified atom stereocenters. The number of carbonyl (C=O) groups is 2. The number of amides is 2. The first-order valence-electron chi connectivity index (χ1n) is 13.8. The van der Waals surface area contributed by atoms with Gasteiger partial charge in [0.15, 0.2) is 17.5 Å². The van der Waals surface area contributed by atoms with E-state index in [0.29, 0.717) is 16.6 Å². The van der Waals surface area contributed by atoms with Gasteiger partial charge in [0.1, 0.15) is 29.9 Å². The van der Waals surface area contributed by atoms with Crippen molar-refractivity contribution in [3.8, 4) is 5.75 Å². The third-order valence-electron chi connectivity index (χ3n) is 7.44. The molecule has 2 aliphatic rings. The van der Waals surface area contributed by atoms with Crippen molar-refractivity contribution in [2.45, 2.75) is 38.3 Å². The van der Waals surface area contributed by atoms with Crippen molar-refractivity contribution in [2.75, 3.05) is 52.2 Å². The number of aromatic nitrogens is 1. The average Bonchev–Trinajstić information content (AvgIpc) is 3.59. The van der Waals surface area contributed by atoms with Crippen LogP contribution in [0.3, 0.4) is 0 Å². The minimum atomic E-state index is -4.95. The van der Waals surface area contributed by atoms with Gasteiger partial charge in [0.25, 0.3) is 11.8 Å². The largest absolute Gasteiger partial charge is 0.490 e. The van der Waals surface area contributed by atoms with Gasteiger partial charge in [-0.15, -0.1) is 15.6 Å². The van der Waals surface area contributed by atoms with Gasteiger partial charge >= 0.3 is 10.4 Å². The number of anilines is 1. The molecule has 1 aromatic carbocycles. The van der Waals surface area contributed by atoms with Crippen LogP contribution in [0.15, 0.2) is 34.8 Å². The number of ether oxygens (including phenoxy) is 1. The van der Waals surface area contributed by atoms with Crippen LogP contribution in [-0.2, 0) is 29.1 Å². The van der Waals surface area contributed by atoms with E-state index in [9.17, 15) is 18.0 Å². The number of nitrogens with zero attached hydrogens (tertiary/aromatic N) is 4. The number of carbonyl (C=O) groups excluding carboxylic acids is 2. The minimum absolute atomic E-state index is 0.0453. The molecule has 0 bridgehead atoms. The summed E-state index contributed by atoms with van der Waals surface area (Å²) in [6.07, 6.45) is 2.51. The Bertz CT molecular complexity index is 1500. The van der Waals surface area contributed by atoms with Gasteiger partial charge in [-0.05, 0) is 38.1 Å². The van der Waals surface area contributed by atoms with Crippen molar-refractivity contribution in [3.05, 3.63) is 40.9 Å². The first-order valence-corrected chi connectivity index (χ1v) is 16.1. The highest BCUT2D eigenvalue weighted by atomic mass is 32.3. The monoisotopic (exact) mass is 653 g/mol. The Morgan fingerprint density at radius 2 is 1.95 bits per heavy atom. The second-order valence-electron chi connectivity index (χ2n) is 11.2. The minimum Gasteiger partial charge on any atom is -0.490 e. The van der Waals surface area contributed by atoms with Gasteiger partial charge < -0.3 is 30.4 Å². The molecule has 2 aromatic rings. The van der Waals surface area contributed by atoms with Crippen molar-refractivity contribution >= 4 is 50.2 Å². The van der Waals surface area contributed by atoms with Gasteiger partial charge in [0.2, 0.25) is 0 Å². The summed E-state index contributed by atoms with van der Waals surface area (Å²) in [6.45, 7) is 6.97. The lowest BCUT2D eigenvalue weighted by atomic mass is 9.84. The summed E-state index contributed by atoms with van der Waals surface area (Å²) in [6, 6.07) is 5.86. The molecule has 0 saturated carbocycles. The zero-order chi connectivity index (χ0) is 32.1. The molecule has 2 aliphatic heterocycles. The summed E-state index contributed by atoms with van der Waals surface area (Å²) < 4.78 is 42.0. The molecule has 0 aliphatic carbocycles. The number of hydroxylamine groups is 2. The SMILES string of the molecule is CC1(C)[C@H](NC(=O)/C(=N\OCCOc2ccc(C(=N)NCC[N+]3(C)CCCC3)cc2)c2csc(N)n2)C(=O)N1OS(=O)(=O)O. The molecule has 2 saturated heterocycles. The number of thiazole rings is 1. The van der Waals surface area contributed by atoms with Crippen LogP contribution in [0.5, 0.6) is 5.75 Å². The molecular formula is C26H37N8O8S2+. The molecule has 16 nitrogen and oxygen atoms in total. The van der Waals surface area contributed by atoms with E-state index in [-0.39, 0.29) is 29.8 Å². The lowest BCUT2D eigenvalue weighted by Crippen LogP contribution is -2.76. The number of nitrogens with one attached hydrogen (secondary N) is 3. The standard InChI is InChI=1S/C26H36N8O8S2/c1-26(2)21(24(36)33(26)42-44(37,38)39)31-23(35)20(19-16-43-25(28)30-19)32-41-15-14-40-18-8-6-17(7-9-18)22(27)29-10-13-34(3)11-4-5-12-34/h6-9,16,21H,4-5,10-15H2,1-3H3,(H5-,27,28,29,30,31,35,37,38,39)/p+1/b32-20-/t21-/m1/s1. The predicted octanol–water partition coefficient (Wildman–Crippen LogP) is 0.520. The van der Waals surface area contributed by atoms with Gasteiger partial charge in [-0.3, -0.25) is 19.6 Å². The fraction of sp³-hybridized carbons (Fsp3) is 0.500. The Balaban J connectivity index is 1.27. The fourth-order valence-electron chi connectivity index (χ4n) is 4.92. The lowest BCUT2D eigenvalue weighted by Gasteiger charge is -2.50. The van der Waals surface area contributed by atoms with E-state index in [4.69, 9.17) is 25.3 Å². The maximum absolute atomic E-state index is 13.1. The topological polar surface area (TPSA) is 219 Å². The number of β-lactam (4-membered cyclic amide) rings is 1. The van der Waals surface area contributed by atoms with E-state index in [1.54, 1.807) is 24.3 Å². The number of nitrogens with two attached hydrogens (primary N) is 1. The first-order chi connectivity index (χ1) is 20.7. The molecule has 1 atom stereocenters. The first kappa shape index (κ1) is 33.1. The van der Waals surface area contributed by atoms with Gasteiger partial charge in [-0.25, -0.2) is 4.98 Å². The predicted molar refractivity (Wildman–Crippen MR) is 161 cm³/mol. The van der Waals surface area contributed by atoms with Crippen molar-refractivity contribution in [1.29, 1.82) is 5.41 Å². The zero-order valence-electron chi connectivity index (χ0n) is 24.6. The van der Waals surface area contributed by atoms with Gasteiger partial charge in [-0.1, -0.05) is 5.16 Å². The Hall–Kier alpha value is -3.84. The molecule has 2 fully saturated rings. The van der Waals surface area contributed by atoms with Crippen molar-refractivity contribution in [2.24, 2.45) is 5.16 Å². The van der Waals surface area contributed by atoms with Crippen molar-refractivity contribution in [3.63, 3.8) is 0 Å². The third-order valence-corrected chi connectivity index (χ3v) is 8.45. The van der Waals surface area contributed by atoms with E-state index in [0.717, 1.165) is 34.5 Å². The number of benzene rings is 1. The fourth-order valence-corrected chi connectivity index (χ4v) is 5.92. The number of oxime groups is 1. The molecule has 44 heavy (non-hydrogen) atoms. The van der Waals surface area contributed by atoms with E-state index < -0.39 is 33.8 Å². The molecule has 6 N–H and O–H groups in total. The Labute approximate surface area is 259 Å². The average molecular weight is 654 g/mol. The number of rotatable bonds is 14. The van der Waals surface area contributed by atoms with Gasteiger partial charge in [0.05, 0.1) is 38.8 Å². The van der Waals surface area contributed by atoms with Crippen LogP contribution in [0.1, 0.15) is 37.9 Å². The highest BCUT2D eigenvalue weighted by Crippen LogP contribution is 2.33. The Morgan fingerprint density at radius 3 is 2.55 bits per heavy atom. The number of quaternary nitrogens is 1. The van der Waals surface area contributed by atoms with Gasteiger partial charge in [0, 0.05) is 23.8 Å². The molecular weight excluding hydrogens is 616 g/mol. The van der Waals surface area contributed by atoms with Crippen LogP contribution in [0, 0.1) is 5.41 Å². The summed E-state index contributed by atoms with van der Waals surface area (Å²) >= 11 is 1.07. The van der Waals surface area contributed by atoms with Crippen LogP contribution < -0.4 is 21.1 Å². The molecule has 4 rings (SSSR count). The van der Waals surface area contributed by atoms with Gasteiger partial charge in [-0.2, -0.15) is 13.5 Å². The molecule has 18 heteroatoms. The second kappa shape index (κ2) is 13.4. The normalized spacial score (nSPS) is 19.3. The number of nitrogen functional groups attached to an aromatic ring is 1. The van der Waals surface area contributed by atoms with Crippen LogP contribution in [-0.4, -0.2) is 109 Å². The molecule has 3 heterocycles. The number of hydrogen-bond acceptors (Lipinski definition) is 12.